The molecule has 0 radical (unpaired) electrons. The van der Waals surface area contributed by atoms with Crippen LogP contribution in [-0.2, 0) is 28.5 Å². The van der Waals surface area contributed by atoms with E-state index >= 15 is 0 Å². The number of carbonyl (C=O) groups excluding carboxylic acids is 2. The summed E-state index contributed by atoms with van der Waals surface area (Å²) in [5.74, 6) is -0.228. The second-order valence-electron chi connectivity index (χ2n) is 6.01. The Bertz CT molecular complexity index is 473. The Hall–Kier alpha value is -1.44. The third-order valence-corrected chi connectivity index (χ3v) is 3.81. The van der Waals surface area contributed by atoms with Gasteiger partial charge in [-0.05, 0) is 26.3 Å². The van der Waals surface area contributed by atoms with Crippen LogP contribution in [0.5, 0.6) is 0 Å². The van der Waals surface area contributed by atoms with E-state index in [0.717, 1.165) is 5.57 Å². The number of nitrogens with zero attached hydrogens (tertiary/aromatic N) is 1. The monoisotopic (exact) mass is 327 g/mol. The van der Waals surface area contributed by atoms with E-state index in [1.54, 1.807) is 6.92 Å². The Morgan fingerprint density at radius 2 is 2.22 bits per heavy atom. The highest BCUT2D eigenvalue weighted by Crippen LogP contribution is 2.20. The Balaban J connectivity index is 1.83. The molecule has 1 fully saturated rings. The molecule has 0 aliphatic carbocycles. The van der Waals surface area contributed by atoms with Crippen molar-refractivity contribution >= 4 is 11.9 Å². The lowest BCUT2D eigenvalue weighted by Crippen LogP contribution is -2.51. The van der Waals surface area contributed by atoms with Crippen molar-refractivity contribution < 1.29 is 28.5 Å². The van der Waals surface area contributed by atoms with Gasteiger partial charge in [-0.25, -0.2) is 0 Å². The zero-order valence-corrected chi connectivity index (χ0v) is 14.0. The average Bonchev–Trinajstić information content (AvgIpc) is 2.83. The van der Waals surface area contributed by atoms with Crippen LogP contribution in [0.2, 0.25) is 0 Å². The number of morpholine rings is 1. The molecule has 7 heteroatoms. The van der Waals surface area contributed by atoms with Crippen LogP contribution in [0.3, 0.4) is 0 Å². The molecule has 2 rings (SSSR count). The number of hydrogen-bond donors (Lipinski definition) is 0. The topological polar surface area (TPSA) is 74.3 Å². The van der Waals surface area contributed by atoms with E-state index in [0.29, 0.717) is 38.7 Å². The molecule has 1 atom stereocenters. The maximum Gasteiger partial charge on any atom is 0.326 e. The number of esters is 2. The normalized spacial score (nSPS) is 22.6. The summed E-state index contributed by atoms with van der Waals surface area (Å²) in [5.41, 5.74) is 0.810. The molecule has 0 saturated carbocycles. The van der Waals surface area contributed by atoms with Gasteiger partial charge in [0.05, 0.1) is 32.3 Å². The fourth-order valence-electron chi connectivity index (χ4n) is 2.49. The summed E-state index contributed by atoms with van der Waals surface area (Å²) in [6.45, 7) is 8.51. The fraction of sp³-hybridized carbons (Fsp3) is 0.750. The summed E-state index contributed by atoms with van der Waals surface area (Å²) in [4.78, 5) is 25.5. The van der Waals surface area contributed by atoms with Crippen molar-refractivity contribution in [3.05, 3.63) is 11.3 Å². The molecular weight excluding hydrogens is 302 g/mol. The second kappa shape index (κ2) is 8.42. The number of hydrogen-bond acceptors (Lipinski definition) is 7. The van der Waals surface area contributed by atoms with Crippen molar-refractivity contribution in [1.29, 1.82) is 0 Å². The van der Waals surface area contributed by atoms with Crippen molar-refractivity contribution in [2.45, 2.75) is 39.3 Å². The Morgan fingerprint density at radius 3 is 2.87 bits per heavy atom. The molecule has 0 N–H and O–H groups in total. The van der Waals surface area contributed by atoms with E-state index in [4.69, 9.17) is 18.9 Å². The van der Waals surface area contributed by atoms with Gasteiger partial charge in [-0.3, -0.25) is 14.5 Å². The van der Waals surface area contributed by atoms with Gasteiger partial charge in [0, 0.05) is 13.1 Å². The largest absolute Gasteiger partial charge is 0.456 e. The number of ether oxygens (including phenoxy) is 4. The van der Waals surface area contributed by atoms with Crippen molar-refractivity contribution in [3.8, 4) is 0 Å². The summed E-state index contributed by atoms with van der Waals surface area (Å²) in [6.07, 6.45) is 0.423. The van der Waals surface area contributed by atoms with Gasteiger partial charge in [-0.1, -0.05) is 0 Å². The van der Waals surface area contributed by atoms with Gasteiger partial charge < -0.3 is 18.9 Å². The van der Waals surface area contributed by atoms with Crippen molar-refractivity contribution in [3.63, 3.8) is 0 Å². The molecule has 0 spiro atoms. The predicted octanol–water partition coefficient (Wildman–Crippen LogP) is 0.876. The lowest BCUT2D eigenvalue weighted by Gasteiger charge is -2.33. The highest BCUT2D eigenvalue weighted by atomic mass is 16.6. The predicted molar refractivity (Wildman–Crippen MR) is 81.6 cm³/mol. The Morgan fingerprint density at radius 1 is 1.43 bits per heavy atom. The Labute approximate surface area is 136 Å². The molecule has 130 valence electrons. The number of cyclic esters (lactones) is 1. The van der Waals surface area contributed by atoms with Crippen LogP contribution < -0.4 is 0 Å². The highest BCUT2D eigenvalue weighted by Gasteiger charge is 2.31. The van der Waals surface area contributed by atoms with E-state index < -0.39 is 6.04 Å². The van der Waals surface area contributed by atoms with Gasteiger partial charge in [0.1, 0.15) is 18.4 Å². The second-order valence-corrected chi connectivity index (χ2v) is 6.01. The van der Waals surface area contributed by atoms with Crippen LogP contribution in [0, 0.1) is 0 Å². The van der Waals surface area contributed by atoms with Gasteiger partial charge in [-0.2, -0.15) is 0 Å². The lowest BCUT2D eigenvalue weighted by atomic mass is 10.2. The van der Waals surface area contributed by atoms with E-state index in [2.05, 4.69) is 0 Å². The maximum absolute atomic E-state index is 12.3. The maximum atomic E-state index is 12.3. The molecule has 23 heavy (non-hydrogen) atoms. The van der Waals surface area contributed by atoms with E-state index in [-0.39, 0.29) is 31.1 Å². The number of rotatable bonds is 7. The smallest absolute Gasteiger partial charge is 0.326 e. The molecule has 0 aromatic carbocycles. The van der Waals surface area contributed by atoms with Gasteiger partial charge >= 0.3 is 11.9 Å². The molecule has 2 heterocycles. The minimum absolute atomic E-state index is 0.0107. The highest BCUT2D eigenvalue weighted by molar-refractivity contribution is 5.78. The SMILES string of the molecule is CC1=C(COC(=O)[C@H]2COCCN2CCOC(C)C)OC(=O)C1. The Kier molecular flexibility index (Phi) is 6.56. The van der Waals surface area contributed by atoms with Crippen LogP contribution in [0.1, 0.15) is 27.2 Å². The molecule has 0 aromatic rings. The summed E-state index contributed by atoms with van der Waals surface area (Å²) in [7, 11) is 0. The quantitative estimate of drug-likeness (QED) is 0.643. The summed E-state index contributed by atoms with van der Waals surface area (Å²) in [6, 6.07) is -0.447. The molecule has 0 amide bonds. The first-order valence-corrected chi connectivity index (χ1v) is 7.96. The van der Waals surface area contributed by atoms with E-state index in [1.807, 2.05) is 18.7 Å². The zero-order valence-electron chi connectivity index (χ0n) is 14.0. The molecule has 0 aromatic heterocycles. The van der Waals surface area contributed by atoms with Crippen molar-refractivity contribution in [2.24, 2.45) is 0 Å². The van der Waals surface area contributed by atoms with Gasteiger partial charge in [0.2, 0.25) is 0 Å². The minimum Gasteiger partial charge on any atom is -0.456 e. The van der Waals surface area contributed by atoms with Gasteiger partial charge in [-0.15, -0.1) is 0 Å². The van der Waals surface area contributed by atoms with Crippen LogP contribution in [0.4, 0.5) is 0 Å². The molecule has 2 aliphatic heterocycles. The van der Waals surface area contributed by atoms with Crippen molar-refractivity contribution in [1.82, 2.24) is 4.90 Å². The first kappa shape index (κ1) is 17.9. The summed E-state index contributed by atoms with van der Waals surface area (Å²) in [5, 5.41) is 0. The standard InChI is InChI=1S/C16H25NO6/c1-11(2)21-7-5-17-4-6-20-9-13(17)16(19)22-10-14-12(3)8-15(18)23-14/h11,13H,4-10H2,1-3H3/t13-/m1/s1. The molecule has 0 unspecified atom stereocenters. The number of carbonyl (C=O) groups is 2. The van der Waals surface area contributed by atoms with Crippen LogP contribution >= 0.6 is 0 Å². The molecule has 7 nitrogen and oxygen atoms in total. The third kappa shape index (κ3) is 5.30. The lowest BCUT2D eigenvalue weighted by molar-refractivity contribution is -0.157. The zero-order chi connectivity index (χ0) is 16.8. The van der Waals surface area contributed by atoms with E-state index in [1.165, 1.54) is 0 Å². The van der Waals surface area contributed by atoms with Crippen LogP contribution in [0.15, 0.2) is 11.3 Å². The van der Waals surface area contributed by atoms with Crippen LogP contribution in [-0.4, -0.2) is 68.5 Å². The molecular formula is C16H25NO6. The average molecular weight is 327 g/mol. The molecule has 2 aliphatic rings. The first-order chi connectivity index (χ1) is 11.0. The van der Waals surface area contributed by atoms with Crippen LogP contribution in [0.25, 0.3) is 0 Å². The fourth-order valence-corrected chi connectivity index (χ4v) is 2.49. The van der Waals surface area contributed by atoms with Crippen molar-refractivity contribution in [2.75, 3.05) is 39.5 Å². The van der Waals surface area contributed by atoms with Gasteiger partial charge in [0.25, 0.3) is 0 Å². The molecule has 1 saturated heterocycles. The summed E-state index contributed by atoms with van der Waals surface area (Å²) >= 11 is 0. The van der Waals surface area contributed by atoms with Gasteiger partial charge in [0.15, 0.2) is 0 Å². The summed E-state index contributed by atoms with van der Waals surface area (Å²) < 4.78 is 21.3. The molecule has 0 bridgehead atoms. The van der Waals surface area contributed by atoms with E-state index in [9.17, 15) is 9.59 Å². The third-order valence-electron chi connectivity index (χ3n) is 3.81. The first-order valence-electron chi connectivity index (χ1n) is 7.96. The minimum atomic E-state index is -0.447.